The van der Waals surface area contributed by atoms with Crippen molar-refractivity contribution in [2.24, 2.45) is 0 Å². The van der Waals surface area contributed by atoms with Crippen LogP contribution in [0.2, 0.25) is 0 Å². The molecular weight excluding hydrogens is 206 g/mol. The van der Waals surface area contributed by atoms with Crippen molar-refractivity contribution < 1.29 is 14.3 Å². The molecule has 0 aromatic heterocycles. The number of ether oxygens (including phenoxy) is 1. The molecular formula is C12H21NO3. The van der Waals surface area contributed by atoms with Crippen LogP contribution in [0.1, 0.15) is 46.5 Å². The van der Waals surface area contributed by atoms with Crippen LogP contribution in [0.3, 0.4) is 0 Å². The van der Waals surface area contributed by atoms with E-state index in [0.717, 1.165) is 12.8 Å². The maximum absolute atomic E-state index is 11.5. The monoisotopic (exact) mass is 227 g/mol. The number of nitrogens with one attached hydrogen (secondary N) is 1. The number of carbonyl (C=O) groups excluding carboxylic acids is 2. The molecule has 0 aromatic rings. The third-order valence-electron chi connectivity index (χ3n) is 2.48. The summed E-state index contributed by atoms with van der Waals surface area (Å²) in [4.78, 5) is 22.7. The molecule has 0 spiro atoms. The molecule has 1 aliphatic rings. The van der Waals surface area contributed by atoms with Gasteiger partial charge in [0.25, 0.3) is 0 Å². The Kier molecular flexibility index (Phi) is 4.47. The van der Waals surface area contributed by atoms with Crippen LogP contribution in [0, 0.1) is 0 Å². The van der Waals surface area contributed by atoms with Gasteiger partial charge in [-0.1, -0.05) is 0 Å². The third-order valence-corrected chi connectivity index (χ3v) is 2.48. The molecule has 16 heavy (non-hydrogen) atoms. The molecule has 0 radical (unpaired) electrons. The molecule has 1 N–H and O–H groups in total. The quantitative estimate of drug-likeness (QED) is 0.793. The molecule has 1 fully saturated rings. The smallest absolute Gasteiger partial charge is 0.246 e. The van der Waals surface area contributed by atoms with E-state index in [1.54, 1.807) is 0 Å². The van der Waals surface area contributed by atoms with E-state index < -0.39 is 0 Å². The Balaban J connectivity index is 2.26. The number of ketones is 1. The summed E-state index contributed by atoms with van der Waals surface area (Å²) in [5, 5.41) is 2.84. The molecule has 0 heterocycles. The topological polar surface area (TPSA) is 55.4 Å². The first-order valence-corrected chi connectivity index (χ1v) is 5.82. The Morgan fingerprint density at radius 1 is 1.50 bits per heavy atom. The predicted molar refractivity (Wildman–Crippen MR) is 61.1 cm³/mol. The summed E-state index contributed by atoms with van der Waals surface area (Å²) in [7, 11) is 0. The number of Topliss-reactive ketones (excluding diaryl/α,β-unsaturated/α-hetero) is 1. The van der Waals surface area contributed by atoms with E-state index in [4.69, 9.17) is 4.74 Å². The van der Waals surface area contributed by atoms with Gasteiger partial charge in [0.2, 0.25) is 5.91 Å². The van der Waals surface area contributed by atoms with Crippen molar-refractivity contribution in [2.45, 2.75) is 58.1 Å². The molecule has 1 rings (SSSR count). The minimum atomic E-state index is -0.306. The van der Waals surface area contributed by atoms with Gasteiger partial charge in [0.1, 0.15) is 12.4 Å². The minimum Gasteiger partial charge on any atom is -0.366 e. The molecule has 0 bridgehead atoms. The summed E-state index contributed by atoms with van der Waals surface area (Å²) in [5.41, 5.74) is -0.306. The Morgan fingerprint density at radius 3 is 2.75 bits per heavy atom. The van der Waals surface area contributed by atoms with Crippen molar-refractivity contribution in [2.75, 3.05) is 6.61 Å². The number of hydrogen-bond donors (Lipinski definition) is 1. The number of carbonyl (C=O) groups is 2. The SMILES string of the molecule is CC(C)(C)OCC(=O)NC1CCCC(=O)C1. The zero-order chi connectivity index (χ0) is 12.2. The van der Waals surface area contributed by atoms with Crippen molar-refractivity contribution in [3.63, 3.8) is 0 Å². The maximum atomic E-state index is 11.5. The van der Waals surface area contributed by atoms with Crippen molar-refractivity contribution in [3.05, 3.63) is 0 Å². The zero-order valence-corrected chi connectivity index (χ0v) is 10.3. The van der Waals surface area contributed by atoms with Crippen LogP contribution in [-0.4, -0.2) is 29.9 Å². The summed E-state index contributed by atoms with van der Waals surface area (Å²) in [6.07, 6.45) is 2.91. The molecule has 4 nitrogen and oxygen atoms in total. The Bertz CT molecular complexity index is 268. The van der Waals surface area contributed by atoms with Crippen LogP contribution in [0.5, 0.6) is 0 Å². The van der Waals surface area contributed by atoms with Gasteiger partial charge in [0.05, 0.1) is 5.60 Å². The minimum absolute atomic E-state index is 0.0114. The number of amides is 1. The van der Waals surface area contributed by atoms with Crippen molar-refractivity contribution in [3.8, 4) is 0 Å². The van der Waals surface area contributed by atoms with Gasteiger partial charge in [-0.3, -0.25) is 9.59 Å². The van der Waals surface area contributed by atoms with Crippen LogP contribution in [0.4, 0.5) is 0 Å². The Morgan fingerprint density at radius 2 is 2.19 bits per heavy atom. The van der Waals surface area contributed by atoms with Crippen molar-refractivity contribution >= 4 is 11.7 Å². The van der Waals surface area contributed by atoms with E-state index in [2.05, 4.69) is 5.32 Å². The van der Waals surface area contributed by atoms with E-state index in [1.807, 2.05) is 20.8 Å². The second-order valence-electron chi connectivity index (χ2n) is 5.30. The first-order chi connectivity index (χ1) is 7.37. The summed E-state index contributed by atoms with van der Waals surface area (Å²) in [6, 6.07) is 0.0114. The highest BCUT2D eigenvalue weighted by molar-refractivity contribution is 5.82. The van der Waals surface area contributed by atoms with Gasteiger partial charge in [0.15, 0.2) is 0 Å². The average Bonchev–Trinajstić information content (AvgIpc) is 2.14. The predicted octanol–water partition coefficient (Wildman–Crippen LogP) is 1.43. The van der Waals surface area contributed by atoms with Crippen LogP contribution in [0.15, 0.2) is 0 Å². The molecule has 0 aromatic carbocycles. The number of hydrogen-bond acceptors (Lipinski definition) is 3. The fourth-order valence-electron chi connectivity index (χ4n) is 1.70. The standard InChI is InChI=1S/C12H21NO3/c1-12(2,3)16-8-11(15)13-9-5-4-6-10(14)7-9/h9H,4-8H2,1-3H3,(H,13,15). The van der Waals surface area contributed by atoms with E-state index >= 15 is 0 Å². The first-order valence-electron chi connectivity index (χ1n) is 5.82. The van der Waals surface area contributed by atoms with Gasteiger partial charge in [-0.2, -0.15) is 0 Å². The molecule has 1 atom stereocenters. The van der Waals surface area contributed by atoms with Gasteiger partial charge in [-0.15, -0.1) is 0 Å². The molecule has 1 amide bonds. The van der Waals surface area contributed by atoms with Gasteiger partial charge in [-0.25, -0.2) is 0 Å². The number of rotatable bonds is 3. The summed E-state index contributed by atoms with van der Waals surface area (Å²) < 4.78 is 5.36. The summed E-state index contributed by atoms with van der Waals surface area (Å²) >= 11 is 0. The van der Waals surface area contributed by atoms with E-state index in [1.165, 1.54) is 0 Å². The van der Waals surface area contributed by atoms with Crippen molar-refractivity contribution in [1.29, 1.82) is 0 Å². The lowest BCUT2D eigenvalue weighted by Gasteiger charge is -2.24. The zero-order valence-electron chi connectivity index (χ0n) is 10.3. The molecule has 0 aliphatic heterocycles. The second-order valence-corrected chi connectivity index (χ2v) is 5.30. The van der Waals surface area contributed by atoms with Gasteiger partial charge in [0, 0.05) is 18.9 Å². The van der Waals surface area contributed by atoms with Gasteiger partial charge < -0.3 is 10.1 Å². The Hall–Kier alpha value is -0.900. The van der Waals surface area contributed by atoms with E-state index in [-0.39, 0.29) is 29.9 Å². The van der Waals surface area contributed by atoms with Crippen LogP contribution >= 0.6 is 0 Å². The highest BCUT2D eigenvalue weighted by Gasteiger charge is 2.21. The van der Waals surface area contributed by atoms with Crippen LogP contribution in [0.25, 0.3) is 0 Å². The normalized spacial score (nSPS) is 21.9. The fraction of sp³-hybridized carbons (Fsp3) is 0.833. The largest absolute Gasteiger partial charge is 0.366 e. The summed E-state index contributed by atoms with van der Waals surface area (Å²) in [6.45, 7) is 5.79. The maximum Gasteiger partial charge on any atom is 0.246 e. The molecule has 1 aliphatic carbocycles. The molecule has 92 valence electrons. The van der Waals surface area contributed by atoms with E-state index in [0.29, 0.717) is 12.8 Å². The second kappa shape index (κ2) is 5.43. The van der Waals surface area contributed by atoms with Crippen LogP contribution < -0.4 is 5.32 Å². The fourth-order valence-corrected chi connectivity index (χ4v) is 1.70. The highest BCUT2D eigenvalue weighted by Crippen LogP contribution is 2.14. The lowest BCUT2D eigenvalue weighted by atomic mass is 9.94. The lowest BCUT2D eigenvalue weighted by Crippen LogP contribution is -2.41. The van der Waals surface area contributed by atoms with Gasteiger partial charge in [-0.05, 0) is 33.6 Å². The van der Waals surface area contributed by atoms with Crippen LogP contribution in [-0.2, 0) is 14.3 Å². The lowest BCUT2D eigenvalue weighted by molar-refractivity contribution is -0.132. The molecule has 0 saturated heterocycles. The molecule has 4 heteroatoms. The average molecular weight is 227 g/mol. The highest BCUT2D eigenvalue weighted by atomic mass is 16.5. The molecule has 1 saturated carbocycles. The summed E-state index contributed by atoms with van der Waals surface area (Å²) in [5.74, 6) is 0.114. The van der Waals surface area contributed by atoms with E-state index in [9.17, 15) is 9.59 Å². The first kappa shape index (κ1) is 13.2. The third kappa shape index (κ3) is 5.26. The van der Waals surface area contributed by atoms with Crippen molar-refractivity contribution in [1.82, 2.24) is 5.32 Å². The Labute approximate surface area is 96.7 Å². The van der Waals surface area contributed by atoms with Gasteiger partial charge >= 0.3 is 0 Å². The molecule has 1 unspecified atom stereocenters.